The standard InChI is InChI=1S/C13H23N3O2S/c1-4-16(5-2)19(17,18)9-8-15-12-6-7-13(14)11(3)10-12/h6-7,10,15H,4-5,8-9,14H2,1-3H3. The Hall–Kier alpha value is -1.27. The molecule has 0 heterocycles. The highest BCUT2D eigenvalue weighted by Crippen LogP contribution is 2.16. The molecule has 0 fully saturated rings. The van der Waals surface area contributed by atoms with Crippen LogP contribution in [0.3, 0.4) is 0 Å². The summed E-state index contributed by atoms with van der Waals surface area (Å²) >= 11 is 0. The molecule has 5 nitrogen and oxygen atoms in total. The van der Waals surface area contributed by atoms with E-state index in [0.717, 1.165) is 16.9 Å². The fourth-order valence-corrected chi connectivity index (χ4v) is 3.26. The fourth-order valence-electron chi connectivity index (χ4n) is 1.86. The van der Waals surface area contributed by atoms with Crippen LogP contribution in [0.4, 0.5) is 11.4 Å². The van der Waals surface area contributed by atoms with Gasteiger partial charge in [0.25, 0.3) is 0 Å². The molecule has 108 valence electrons. The molecule has 3 N–H and O–H groups in total. The summed E-state index contributed by atoms with van der Waals surface area (Å²) in [4.78, 5) is 0. The van der Waals surface area contributed by atoms with Crippen LogP contribution in [0.15, 0.2) is 18.2 Å². The van der Waals surface area contributed by atoms with E-state index in [4.69, 9.17) is 5.73 Å². The smallest absolute Gasteiger partial charge is 0.215 e. The molecule has 0 atom stereocenters. The summed E-state index contributed by atoms with van der Waals surface area (Å²) in [6, 6.07) is 5.59. The molecule has 1 aromatic carbocycles. The van der Waals surface area contributed by atoms with Crippen molar-refractivity contribution in [3.63, 3.8) is 0 Å². The highest BCUT2D eigenvalue weighted by atomic mass is 32.2. The van der Waals surface area contributed by atoms with Gasteiger partial charge in [-0.3, -0.25) is 0 Å². The molecule has 0 spiro atoms. The molecule has 1 aromatic rings. The van der Waals surface area contributed by atoms with Gasteiger partial charge in [0.2, 0.25) is 10.0 Å². The first-order valence-corrected chi connectivity index (χ1v) is 8.09. The molecular weight excluding hydrogens is 262 g/mol. The molecule has 0 unspecified atom stereocenters. The van der Waals surface area contributed by atoms with Gasteiger partial charge in [-0.15, -0.1) is 0 Å². The summed E-state index contributed by atoms with van der Waals surface area (Å²) in [7, 11) is -3.16. The third kappa shape index (κ3) is 4.40. The number of nitrogen functional groups attached to an aromatic ring is 1. The van der Waals surface area contributed by atoms with Gasteiger partial charge in [0.15, 0.2) is 0 Å². The zero-order chi connectivity index (χ0) is 14.5. The van der Waals surface area contributed by atoms with Gasteiger partial charge < -0.3 is 11.1 Å². The maximum absolute atomic E-state index is 12.0. The molecule has 0 bridgehead atoms. The maximum Gasteiger partial charge on any atom is 0.215 e. The third-order valence-electron chi connectivity index (χ3n) is 3.06. The highest BCUT2D eigenvalue weighted by Gasteiger charge is 2.17. The fraction of sp³-hybridized carbons (Fsp3) is 0.538. The molecule has 0 aromatic heterocycles. The number of nitrogens with one attached hydrogen (secondary N) is 1. The Morgan fingerprint density at radius 2 is 1.89 bits per heavy atom. The second kappa shape index (κ2) is 6.77. The van der Waals surface area contributed by atoms with Crippen molar-refractivity contribution >= 4 is 21.4 Å². The second-order valence-electron chi connectivity index (χ2n) is 4.40. The van der Waals surface area contributed by atoms with Crippen LogP contribution in [0.1, 0.15) is 19.4 Å². The van der Waals surface area contributed by atoms with E-state index in [0.29, 0.717) is 19.6 Å². The normalized spacial score (nSPS) is 11.8. The minimum absolute atomic E-state index is 0.0953. The molecule has 6 heteroatoms. The van der Waals surface area contributed by atoms with Crippen LogP contribution in [-0.2, 0) is 10.0 Å². The first kappa shape index (κ1) is 15.8. The van der Waals surface area contributed by atoms with Crippen molar-refractivity contribution in [3.05, 3.63) is 23.8 Å². The topological polar surface area (TPSA) is 75.4 Å². The Bertz CT molecular complexity index is 511. The van der Waals surface area contributed by atoms with Crippen molar-refractivity contribution in [3.8, 4) is 0 Å². The van der Waals surface area contributed by atoms with E-state index in [-0.39, 0.29) is 5.75 Å². The van der Waals surface area contributed by atoms with Crippen LogP contribution in [0, 0.1) is 6.92 Å². The van der Waals surface area contributed by atoms with Gasteiger partial charge in [0, 0.05) is 31.0 Å². The van der Waals surface area contributed by atoms with Crippen LogP contribution < -0.4 is 11.1 Å². The summed E-state index contributed by atoms with van der Waals surface area (Å²) in [6.45, 7) is 7.03. The average Bonchev–Trinajstić information content (AvgIpc) is 2.34. The van der Waals surface area contributed by atoms with E-state index in [1.54, 1.807) is 0 Å². The van der Waals surface area contributed by atoms with Crippen molar-refractivity contribution in [2.75, 3.05) is 36.4 Å². The van der Waals surface area contributed by atoms with Crippen LogP contribution in [0.5, 0.6) is 0 Å². The molecule has 0 aliphatic carbocycles. The number of hydrogen-bond acceptors (Lipinski definition) is 4. The first-order chi connectivity index (χ1) is 8.90. The highest BCUT2D eigenvalue weighted by molar-refractivity contribution is 7.89. The Labute approximate surface area is 115 Å². The van der Waals surface area contributed by atoms with Crippen molar-refractivity contribution < 1.29 is 8.42 Å². The van der Waals surface area contributed by atoms with Crippen molar-refractivity contribution in [1.82, 2.24) is 4.31 Å². The van der Waals surface area contributed by atoms with Gasteiger partial charge in [0.1, 0.15) is 0 Å². The number of nitrogens with zero attached hydrogens (tertiary/aromatic N) is 1. The van der Waals surface area contributed by atoms with Gasteiger partial charge >= 0.3 is 0 Å². The lowest BCUT2D eigenvalue weighted by atomic mass is 10.2. The Morgan fingerprint density at radius 1 is 1.26 bits per heavy atom. The van der Waals surface area contributed by atoms with E-state index in [1.165, 1.54) is 4.31 Å². The lowest BCUT2D eigenvalue weighted by molar-refractivity contribution is 0.446. The number of benzene rings is 1. The Balaban J connectivity index is 2.56. The lowest BCUT2D eigenvalue weighted by Gasteiger charge is -2.18. The van der Waals surface area contributed by atoms with Crippen LogP contribution in [0.25, 0.3) is 0 Å². The SMILES string of the molecule is CCN(CC)S(=O)(=O)CCNc1ccc(N)c(C)c1. The Morgan fingerprint density at radius 3 is 2.42 bits per heavy atom. The summed E-state index contributed by atoms with van der Waals surface area (Å²) in [5.74, 6) is 0.0953. The van der Waals surface area contributed by atoms with Crippen LogP contribution in [0.2, 0.25) is 0 Å². The average molecular weight is 285 g/mol. The van der Waals surface area contributed by atoms with Crippen LogP contribution >= 0.6 is 0 Å². The lowest BCUT2D eigenvalue weighted by Crippen LogP contribution is -2.34. The summed E-state index contributed by atoms with van der Waals surface area (Å²) in [6.07, 6.45) is 0. The summed E-state index contributed by atoms with van der Waals surface area (Å²) < 4.78 is 25.4. The molecule has 0 saturated carbocycles. The predicted octanol–water partition coefficient (Wildman–Crippen LogP) is 1.66. The van der Waals surface area contributed by atoms with Crippen molar-refractivity contribution in [2.45, 2.75) is 20.8 Å². The number of sulfonamides is 1. The zero-order valence-corrected chi connectivity index (χ0v) is 12.6. The zero-order valence-electron chi connectivity index (χ0n) is 11.8. The molecule has 0 aliphatic heterocycles. The molecule has 0 saturated heterocycles. The van der Waals surface area contributed by atoms with Gasteiger partial charge in [-0.1, -0.05) is 13.8 Å². The molecular formula is C13H23N3O2S. The number of hydrogen-bond donors (Lipinski definition) is 2. The van der Waals surface area contributed by atoms with Crippen molar-refractivity contribution in [2.24, 2.45) is 0 Å². The van der Waals surface area contributed by atoms with Crippen LogP contribution in [-0.4, -0.2) is 38.1 Å². The van der Waals surface area contributed by atoms with Crippen molar-refractivity contribution in [1.29, 1.82) is 0 Å². The minimum Gasteiger partial charge on any atom is -0.399 e. The van der Waals surface area contributed by atoms with E-state index >= 15 is 0 Å². The van der Waals surface area contributed by atoms with E-state index in [9.17, 15) is 8.42 Å². The van der Waals surface area contributed by atoms with Gasteiger partial charge in [-0.05, 0) is 30.7 Å². The van der Waals surface area contributed by atoms with Gasteiger partial charge in [-0.25, -0.2) is 12.7 Å². The quantitative estimate of drug-likeness (QED) is 0.747. The first-order valence-electron chi connectivity index (χ1n) is 6.48. The molecule has 1 rings (SSSR count). The minimum atomic E-state index is -3.16. The third-order valence-corrected chi connectivity index (χ3v) is 5.08. The molecule has 0 aliphatic rings. The molecule has 0 radical (unpaired) electrons. The maximum atomic E-state index is 12.0. The summed E-state index contributed by atoms with van der Waals surface area (Å²) in [5.41, 5.74) is 8.34. The summed E-state index contributed by atoms with van der Waals surface area (Å²) in [5, 5.41) is 3.11. The number of anilines is 2. The predicted molar refractivity (Wildman–Crippen MR) is 80.8 cm³/mol. The van der Waals surface area contributed by atoms with E-state index in [2.05, 4.69) is 5.32 Å². The largest absolute Gasteiger partial charge is 0.399 e. The van der Waals surface area contributed by atoms with E-state index < -0.39 is 10.0 Å². The monoisotopic (exact) mass is 285 g/mol. The number of nitrogens with two attached hydrogens (primary N) is 1. The van der Waals surface area contributed by atoms with E-state index in [1.807, 2.05) is 39.0 Å². The molecule has 0 amide bonds. The number of rotatable bonds is 7. The second-order valence-corrected chi connectivity index (χ2v) is 6.49. The Kier molecular flexibility index (Phi) is 5.62. The number of aryl methyl sites for hydroxylation is 1. The molecule has 19 heavy (non-hydrogen) atoms. The van der Waals surface area contributed by atoms with Gasteiger partial charge in [-0.2, -0.15) is 0 Å². The van der Waals surface area contributed by atoms with Gasteiger partial charge in [0.05, 0.1) is 5.75 Å².